The van der Waals surface area contributed by atoms with E-state index in [1.54, 1.807) is 7.05 Å². The lowest BCUT2D eigenvalue weighted by molar-refractivity contribution is -0.385. The van der Waals surface area contributed by atoms with Crippen LogP contribution in [0.5, 0.6) is 0 Å². The third kappa shape index (κ3) is 2.64. The van der Waals surface area contributed by atoms with E-state index in [2.05, 4.69) is 17.3 Å². The van der Waals surface area contributed by atoms with Gasteiger partial charge in [0.25, 0.3) is 5.91 Å². The standard InChI is InChI=1S/C18H26N4O3/c1-3-15(18-7-11-4-12(8-18)6-13(5-11)9-18)20-17(23)16-14(22(24)25)10-19-21(16)2/h10-13,15H,3-9H2,1-2H3,(H,20,23). The highest BCUT2D eigenvalue weighted by atomic mass is 16.6. The van der Waals surface area contributed by atoms with Gasteiger partial charge in [0.15, 0.2) is 0 Å². The van der Waals surface area contributed by atoms with Crippen LogP contribution in [0.15, 0.2) is 6.20 Å². The van der Waals surface area contributed by atoms with Crippen LogP contribution in [-0.2, 0) is 7.05 Å². The van der Waals surface area contributed by atoms with Gasteiger partial charge >= 0.3 is 5.69 Å². The summed E-state index contributed by atoms with van der Waals surface area (Å²) >= 11 is 0. The summed E-state index contributed by atoms with van der Waals surface area (Å²) in [7, 11) is 1.58. The van der Waals surface area contributed by atoms with E-state index in [9.17, 15) is 14.9 Å². The van der Waals surface area contributed by atoms with Gasteiger partial charge in [-0.05, 0) is 68.1 Å². The molecule has 136 valence electrons. The molecule has 1 heterocycles. The van der Waals surface area contributed by atoms with Gasteiger partial charge in [0.1, 0.15) is 6.20 Å². The fraction of sp³-hybridized carbons (Fsp3) is 0.778. The van der Waals surface area contributed by atoms with Crippen LogP contribution in [-0.4, -0.2) is 26.7 Å². The van der Waals surface area contributed by atoms with Crippen LogP contribution >= 0.6 is 0 Å². The van der Waals surface area contributed by atoms with Crippen molar-refractivity contribution in [2.45, 2.75) is 57.9 Å². The van der Waals surface area contributed by atoms with Crippen molar-refractivity contribution >= 4 is 11.6 Å². The Kier molecular flexibility index (Phi) is 3.85. The van der Waals surface area contributed by atoms with Crippen LogP contribution in [0.3, 0.4) is 0 Å². The number of aryl methyl sites for hydroxylation is 1. The lowest BCUT2D eigenvalue weighted by atomic mass is 9.47. The van der Waals surface area contributed by atoms with Crippen LogP contribution in [0.2, 0.25) is 0 Å². The Morgan fingerprint density at radius 1 is 1.36 bits per heavy atom. The van der Waals surface area contributed by atoms with Gasteiger partial charge in [-0.2, -0.15) is 5.10 Å². The summed E-state index contributed by atoms with van der Waals surface area (Å²) in [5, 5.41) is 18.2. The zero-order valence-electron chi connectivity index (χ0n) is 14.9. The van der Waals surface area contributed by atoms with E-state index in [0.29, 0.717) is 0 Å². The van der Waals surface area contributed by atoms with E-state index in [1.807, 2.05) is 0 Å². The molecule has 1 aromatic rings. The number of nitrogens with one attached hydrogen (secondary N) is 1. The van der Waals surface area contributed by atoms with Gasteiger partial charge < -0.3 is 5.32 Å². The van der Waals surface area contributed by atoms with E-state index in [4.69, 9.17) is 0 Å². The molecule has 1 N–H and O–H groups in total. The zero-order chi connectivity index (χ0) is 17.8. The van der Waals surface area contributed by atoms with Gasteiger partial charge in [-0.1, -0.05) is 6.92 Å². The Morgan fingerprint density at radius 3 is 2.40 bits per heavy atom. The second-order valence-corrected chi connectivity index (χ2v) is 8.47. The van der Waals surface area contributed by atoms with Gasteiger partial charge in [-0.15, -0.1) is 0 Å². The number of carbonyl (C=O) groups excluding carboxylic acids is 1. The molecule has 0 saturated heterocycles. The first-order valence-electron chi connectivity index (χ1n) is 9.39. The Balaban J connectivity index is 1.58. The minimum Gasteiger partial charge on any atom is -0.347 e. The summed E-state index contributed by atoms with van der Waals surface area (Å²) in [5.41, 5.74) is 0.0144. The number of nitrogens with zero attached hydrogens (tertiary/aromatic N) is 3. The van der Waals surface area contributed by atoms with Gasteiger partial charge in [0.2, 0.25) is 5.69 Å². The quantitative estimate of drug-likeness (QED) is 0.655. The molecule has 1 atom stereocenters. The first kappa shape index (κ1) is 16.5. The minimum atomic E-state index is -0.534. The summed E-state index contributed by atoms with van der Waals surface area (Å²) < 4.78 is 1.31. The topological polar surface area (TPSA) is 90.1 Å². The SMILES string of the molecule is CCC(NC(=O)c1c([N+](=O)[O-])cnn1C)C12CC3CC(CC(C3)C1)C2. The van der Waals surface area contributed by atoms with Crippen LogP contribution in [0, 0.1) is 33.3 Å². The summed E-state index contributed by atoms with van der Waals surface area (Å²) in [6, 6.07) is 0.0860. The maximum Gasteiger partial charge on any atom is 0.320 e. The molecule has 7 nitrogen and oxygen atoms in total. The molecule has 25 heavy (non-hydrogen) atoms. The predicted molar refractivity (Wildman–Crippen MR) is 92.0 cm³/mol. The first-order valence-corrected chi connectivity index (χ1v) is 9.39. The van der Waals surface area contributed by atoms with Crippen molar-refractivity contribution < 1.29 is 9.72 Å². The Bertz CT molecular complexity index is 676. The molecule has 4 bridgehead atoms. The fourth-order valence-corrected chi connectivity index (χ4v) is 6.34. The van der Waals surface area contributed by atoms with Crippen LogP contribution in [0.1, 0.15) is 62.4 Å². The number of amides is 1. The lowest BCUT2D eigenvalue weighted by Crippen LogP contribution is -2.56. The maximum absolute atomic E-state index is 12.8. The highest BCUT2D eigenvalue weighted by molar-refractivity contribution is 5.96. The largest absolute Gasteiger partial charge is 0.347 e. The van der Waals surface area contributed by atoms with Crippen molar-refractivity contribution in [3.8, 4) is 0 Å². The molecule has 0 aromatic carbocycles. The van der Waals surface area contributed by atoms with Gasteiger partial charge in [-0.3, -0.25) is 19.6 Å². The second-order valence-electron chi connectivity index (χ2n) is 8.47. The molecule has 1 aromatic heterocycles. The average molecular weight is 346 g/mol. The molecule has 4 fully saturated rings. The average Bonchev–Trinajstić information content (AvgIpc) is 2.93. The van der Waals surface area contributed by atoms with Gasteiger partial charge in [0.05, 0.1) is 4.92 Å². The highest BCUT2D eigenvalue weighted by Gasteiger charge is 2.54. The first-order chi connectivity index (χ1) is 11.9. The zero-order valence-corrected chi connectivity index (χ0v) is 14.9. The molecule has 0 aliphatic heterocycles. The summed E-state index contributed by atoms with van der Waals surface area (Å²) in [6.45, 7) is 2.11. The number of hydrogen-bond acceptors (Lipinski definition) is 4. The van der Waals surface area contributed by atoms with Crippen molar-refractivity contribution in [2.24, 2.45) is 30.2 Å². The summed E-state index contributed by atoms with van der Waals surface area (Å²) in [5.74, 6) is 2.06. The van der Waals surface area contributed by atoms with Crippen LogP contribution in [0.25, 0.3) is 0 Å². The third-order valence-electron chi connectivity index (χ3n) is 6.87. The fourth-order valence-electron chi connectivity index (χ4n) is 6.34. The molecule has 0 spiro atoms. The third-order valence-corrected chi connectivity index (χ3v) is 6.87. The summed E-state index contributed by atoms with van der Waals surface area (Å²) in [6.07, 6.45) is 9.69. The minimum absolute atomic E-state index is 0.0492. The molecule has 1 unspecified atom stereocenters. The van der Waals surface area contributed by atoms with E-state index in [0.717, 1.165) is 30.4 Å². The molecule has 4 saturated carbocycles. The predicted octanol–water partition coefficient (Wildman–Crippen LogP) is 3.05. The Morgan fingerprint density at radius 2 is 1.92 bits per heavy atom. The van der Waals surface area contributed by atoms with Crippen molar-refractivity contribution in [1.82, 2.24) is 15.1 Å². The van der Waals surface area contributed by atoms with Crippen LogP contribution < -0.4 is 5.32 Å². The van der Waals surface area contributed by atoms with Crippen LogP contribution in [0.4, 0.5) is 5.69 Å². The second kappa shape index (κ2) is 5.81. The molecular formula is C18H26N4O3. The molecular weight excluding hydrogens is 320 g/mol. The molecule has 0 radical (unpaired) electrons. The molecule has 1 amide bonds. The Labute approximate surface area is 147 Å². The molecule has 4 aliphatic rings. The monoisotopic (exact) mass is 346 g/mol. The number of carbonyl (C=O) groups is 1. The number of aromatic nitrogens is 2. The van der Waals surface area contributed by atoms with Crippen molar-refractivity contribution in [3.05, 3.63) is 22.0 Å². The van der Waals surface area contributed by atoms with E-state index in [1.165, 1.54) is 43.2 Å². The molecule has 7 heteroatoms. The van der Waals surface area contributed by atoms with Crippen molar-refractivity contribution in [1.29, 1.82) is 0 Å². The van der Waals surface area contributed by atoms with E-state index in [-0.39, 0.29) is 28.7 Å². The molecule has 5 rings (SSSR count). The number of nitro groups is 1. The summed E-state index contributed by atoms with van der Waals surface area (Å²) in [4.78, 5) is 23.5. The lowest BCUT2D eigenvalue weighted by Gasteiger charge is -2.59. The highest BCUT2D eigenvalue weighted by Crippen LogP contribution is 2.61. The van der Waals surface area contributed by atoms with Gasteiger partial charge in [-0.25, -0.2) is 0 Å². The van der Waals surface area contributed by atoms with Crippen molar-refractivity contribution in [2.75, 3.05) is 0 Å². The normalized spacial score (nSPS) is 34.1. The van der Waals surface area contributed by atoms with Gasteiger partial charge in [0, 0.05) is 13.1 Å². The van der Waals surface area contributed by atoms with E-state index < -0.39 is 4.92 Å². The van der Waals surface area contributed by atoms with Crippen molar-refractivity contribution in [3.63, 3.8) is 0 Å². The molecule has 4 aliphatic carbocycles. The Hall–Kier alpha value is -1.92. The smallest absolute Gasteiger partial charge is 0.320 e. The number of hydrogen-bond donors (Lipinski definition) is 1. The van der Waals surface area contributed by atoms with E-state index >= 15 is 0 Å². The maximum atomic E-state index is 12.8. The number of rotatable bonds is 5.